The summed E-state index contributed by atoms with van der Waals surface area (Å²) in [6.45, 7) is 9.50. The Morgan fingerprint density at radius 2 is 1.82 bits per heavy atom. The zero-order chi connectivity index (χ0) is 21.1. The Hall–Kier alpha value is -2.57. The second-order valence-electron chi connectivity index (χ2n) is 8.69. The molecule has 1 heterocycles. The summed E-state index contributed by atoms with van der Waals surface area (Å²) in [5, 5.41) is 2.68. The number of primary amides is 1. The molecule has 1 aliphatic rings. The number of ether oxygens (including phenoxy) is 1. The number of fused-ring (bicyclic) bond motifs is 1. The smallest absolute Gasteiger partial charge is 0.408 e. The Balaban J connectivity index is 2.25. The van der Waals surface area contributed by atoms with Gasteiger partial charge in [0.1, 0.15) is 17.7 Å². The minimum atomic E-state index is -0.790. The van der Waals surface area contributed by atoms with E-state index in [-0.39, 0.29) is 18.4 Å². The zero-order valence-electron chi connectivity index (χ0n) is 17.3. The summed E-state index contributed by atoms with van der Waals surface area (Å²) in [5.74, 6) is -0.714. The third-order valence-corrected chi connectivity index (χ3v) is 4.56. The van der Waals surface area contributed by atoms with Gasteiger partial charge in [-0.1, -0.05) is 38.1 Å². The number of nitrogens with one attached hydrogen (secondary N) is 1. The van der Waals surface area contributed by atoms with Gasteiger partial charge in [0.25, 0.3) is 0 Å². The average molecular weight is 389 g/mol. The van der Waals surface area contributed by atoms with Gasteiger partial charge in [0.15, 0.2) is 0 Å². The van der Waals surface area contributed by atoms with Crippen LogP contribution in [-0.2, 0) is 27.3 Å². The van der Waals surface area contributed by atoms with Crippen molar-refractivity contribution in [3.05, 3.63) is 35.4 Å². The molecule has 0 fully saturated rings. The molecule has 0 spiro atoms. The minimum Gasteiger partial charge on any atom is -0.444 e. The van der Waals surface area contributed by atoms with E-state index in [1.807, 2.05) is 38.1 Å². The van der Waals surface area contributed by atoms with E-state index in [1.165, 1.54) is 4.90 Å². The quantitative estimate of drug-likeness (QED) is 0.807. The summed E-state index contributed by atoms with van der Waals surface area (Å²) in [4.78, 5) is 39.1. The molecule has 154 valence electrons. The van der Waals surface area contributed by atoms with E-state index in [4.69, 9.17) is 10.5 Å². The Labute approximate surface area is 166 Å². The molecule has 2 atom stereocenters. The van der Waals surface area contributed by atoms with E-state index in [9.17, 15) is 14.4 Å². The van der Waals surface area contributed by atoms with Gasteiger partial charge in [-0.15, -0.1) is 0 Å². The molecule has 3 amide bonds. The first kappa shape index (κ1) is 21.7. The molecule has 0 saturated carbocycles. The van der Waals surface area contributed by atoms with Crippen LogP contribution in [0.25, 0.3) is 0 Å². The number of nitrogens with zero attached hydrogens (tertiary/aromatic N) is 1. The summed E-state index contributed by atoms with van der Waals surface area (Å²) >= 11 is 0. The van der Waals surface area contributed by atoms with Crippen LogP contribution in [-0.4, -0.2) is 40.5 Å². The van der Waals surface area contributed by atoms with Crippen LogP contribution in [0.15, 0.2) is 24.3 Å². The van der Waals surface area contributed by atoms with Gasteiger partial charge in [-0.25, -0.2) is 4.79 Å². The normalized spacial score (nSPS) is 17.6. The van der Waals surface area contributed by atoms with E-state index < -0.39 is 29.7 Å². The maximum absolute atomic E-state index is 13.3. The lowest BCUT2D eigenvalue weighted by molar-refractivity contribution is -0.142. The van der Waals surface area contributed by atoms with Crippen LogP contribution in [0.3, 0.4) is 0 Å². The van der Waals surface area contributed by atoms with Gasteiger partial charge in [-0.2, -0.15) is 0 Å². The van der Waals surface area contributed by atoms with Gasteiger partial charge in [0, 0.05) is 13.0 Å². The van der Waals surface area contributed by atoms with Gasteiger partial charge < -0.3 is 20.7 Å². The van der Waals surface area contributed by atoms with Crippen molar-refractivity contribution in [3.8, 4) is 0 Å². The molecule has 0 aromatic heterocycles. The van der Waals surface area contributed by atoms with Crippen molar-refractivity contribution in [3.63, 3.8) is 0 Å². The Bertz CT molecular complexity index is 739. The molecule has 0 bridgehead atoms. The molecule has 1 aromatic carbocycles. The van der Waals surface area contributed by atoms with Crippen molar-refractivity contribution < 1.29 is 19.1 Å². The highest BCUT2D eigenvalue weighted by Crippen LogP contribution is 2.25. The van der Waals surface area contributed by atoms with Crippen LogP contribution >= 0.6 is 0 Å². The summed E-state index contributed by atoms with van der Waals surface area (Å²) in [6.07, 6.45) is 0.152. The number of carbonyl (C=O) groups is 3. The van der Waals surface area contributed by atoms with Crippen LogP contribution in [0, 0.1) is 5.92 Å². The van der Waals surface area contributed by atoms with E-state index in [0.29, 0.717) is 12.8 Å². The molecule has 1 aromatic rings. The Kier molecular flexibility index (Phi) is 6.69. The van der Waals surface area contributed by atoms with Crippen molar-refractivity contribution in [1.82, 2.24) is 10.2 Å². The maximum atomic E-state index is 13.3. The van der Waals surface area contributed by atoms with Crippen molar-refractivity contribution in [2.24, 2.45) is 11.7 Å². The average Bonchev–Trinajstić information content (AvgIpc) is 2.57. The van der Waals surface area contributed by atoms with Crippen LogP contribution in [0.5, 0.6) is 0 Å². The molecule has 7 nitrogen and oxygen atoms in total. The van der Waals surface area contributed by atoms with Crippen molar-refractivity contribution in [2.75, 3.05) is 0 Å². The fourth-order valence-corrected chi connectivity index (χ4v) is 3.35. The molecule has 28 heavy (non-hydrogen) atoms. The molecular formula is C21H31N3O4. The SMILES string of the molecule is CC(C)C[C@H](NC(=O)OC(C)(C)C)C(=O)N1Cc2ccccc2C[C@H]1C(N)=O. The lowest BCUT2D eigenvalue weighted by Crippen LogP contribution is -2.57. The van der Waals surface area contributed by atoms with Gasteiger partial charge in [0.2, 0.25) is 11.8 Å². The van der Waals surface area contributed by atoms with E-state index >= 15 is 0 Å². The summed E-state index contributed by atoms with van der Waals surface area (Å²) in [6, 6.07) is 6.15. The largest absolute Gasteiger partial charge is 0.444 e. The second-order valence-corrected chi connectivity index (χ2v) is 8.69. The molecule has 0 unspecified atom stereocenters. The first-order valence-corrected chi connectivity index (χ1v) is 9.64. The Morgan fingerprint density at radius 1 is 1.21 bits per heavy atom. The second kappa shape index (κ2) is 8.63. The van der Waals surface area contributed by atoms with E-state index in [2.05, 4.69) is 5.32 Å². The number of benzene rings is 1. The number of alkyl carbamates (subject to hydrolysis) is 1. The standard InChI is InChI=1S/C21H31N3O4/c1-13(2)10-16(23-20(27)28-21(3,4)5)19(26)24-12-15-9-7-6-8-14(15)11-17(24)18(22)25/h6-9,13,16-17H,10-12H2,1-5H3,(H2,22,25)(H,23,27)/t16-,17-/m0/s1. The lowest BCUT2D eigenvalue weighted by Gasteiger charge is -2.37. The van der Waals surface area contributed by atoms with Gasteiger partial charge >= 0.3 is 6.09 Å². The first-order chi connectivity index (χ1) is 13.0. The highest BCUT2D eigenvalue weighted by molar-refractivity contribution is 5.91. The Morgan fingerprint density at radius 3 is 2.36 bits per heavy atom. The molecule has 2 rings (SSSR count). The van der Waals surface area contributed by atoms with Crippen LogP contribution in [0.4, 0.5) is 4.79 Å². The van der Waals surface area contributed by atoms with E-state index in [1.54, 1.807) is 20.8 Å². The molecule has 0 aliphatic carbocycles. The molecule has 1 aliphatic heterocycles. The first-order valence-electron chi connectivity index (χ1n) is 9.64. The summed E-state index contributed by atoms with van der Waals surface area (Å²) in [5.41, 5.74) is 6.91. The summed E-state index contributed by atoms with van der Waals surface area (Å²) in [7, 11) is 0. The molecule has 3 N–H and O–H groups in total. The lowest BCUT2D eigenvalue weighted by atomic mass is 9.92. The third kappa shape index (κ3) is 5.71. The summed E-state index contributed by atoms with van der Waals surface area (Å²) < 4.78 is 5.31. The predicted octanol–water partition coefficient (Wildman–Crippen LogP) is 2.36. The number of carbonyl (C=O) groups excluding carboxylic acids is 3. The number of nitrogens with two attached hydrogens (primary N) is 1. The van der Waals surface area contributed by atoms with Gasteiger partial charge in [0.05, 0.1) is 0 Å². The number of rotatable bonds is 5. The van der Waals surface area contributed by atoms with Gasteiger partial charge in [-0.05, 0) is 44.2 Å². The third-order valence-electron chi connectivity index (χ3n) is 4.56. The van der Waals surface area contributed by atoms with Crippen LogP contribution in [0.1, 0.15) is 52.2 Å². The van der Waals surface area contributed by atoms with Gasteiger partial charge in [-0.3, -0.25) is 9.59 Å². The van der Waals surface area contributed by atoms with Crippen LogP contribution in [0.2, 0.25) is 0 Å². The van der Waals surface area contributed by atoms with E-state index in [0.717, 1.165) is 11.1 Å². The van der Waals surface area contributed by atoms with Crippen molar-refractivity contribution in [1.29, 1.82) is 0 Å². The van der Waals surface area contributed by atoms with Crippen molar-refractivity contribution >= 4 is 17.9 Å². The fraction of sp³-hybridized carbons (Fsp3) is 0.571. The zero-order valence-corrected chi connectivity index (χ0v) is 17.3. The predicted molar refractivity (Wildman–Crippen MR) is 106 cm³/mol. The maximum Gasteiger partial charge on any atom is 0.408 e. The minimum absolute atomic E-state index is 0.160. The van der Waals surface area contributed by atoms with Crippen LogP contribution < -0.4 is 11.1 Å². The monoisotopic (exact) mass is 389 g/mol. The molecule has 0 saturated heterocycles. The molecule has 7 heteroatoms. The number of hydrogen-bond acceptors (Lipinski definition) is 4. The molecule has 0 radical (unpaired) electrons. The molecular weight excluding hydrogens is 358 g/mol. The number of amides is 3. The van der Waals surface area contributed by atoms with Crippen molar-refractivity contribution in [2.45, 2.75) is 71.7 Å². The highest BCUT2D eigenvalue weighted by atomic mass is 16.6. The topological polar surface area (TPSA) is 102 Å². The number of hydrogen-bond donors (Lipinski definition) is 2. The fourth-order valence-electron chi connectivity index (χ4n) is 3.35. The highest BCUT2D eigenvalue weighted by Gasteiger charge is 2.37.